The number of benzene rings is 2. The van der Waals surface area contributed by atoms with Crippen molar-refractivity contribution in [3.8, 4) is 11.5 Å². The van der Waals surface area contributed by atoms with Crippen LogP contribution in [0.4, 0.5) is 0 Å². The number of aromatic nitrogens is 6. The molecule has 0 saturated heterocycles. The van der Waals surface area contributed by atoms with Crippen molar-refractivity contribution in [2.75, 3.05) is 0 Å². The minimum Gasteiger partial charge on any atom is -0.487 e. The Balaban J connectivity index is 1.50. The highest BCUT2D eigenvalue weighted by atomic mass is 16.5. The summed E-state index contributed by atoms with van der Waals surface area (Å²) in [7, 11) is 0. The highest BCUT2D eigenvalue weighted by Gasteiger charge is 2.10. The third-order valence-electron chi connectivity index (χ3n) is 4.53. The molecule has 4 aromatic rings. The molecule has 0 N–H and O–H groups in total. The van der Waals surface area contributed by atoms with Gasteiger partial charge in [-0.05, 0) is 23.3 Å². The molecule has 2 aromatic heterocycles. The quantitative estimate of drug-likeness (QED) is 0.470. The fourth-order valence-corrected chi connectivity index (χ4v) is 3.15. The summed E-state index contributed by atoms with van der Waals surface area (Å²) < 4.78 is 15.3. The lowest BCUT2D eigenvalue weighted by Crippen LogP contribution is -2.08. The molecule has 0 unspecified atom stereocenters. The Labute approximate surface area is 161 Å². The third-order valence-corrected chi connectivity index (χ3v) is 4.53. The maximum Gasteiger partial charge on any atom is 0.134 e. The molecule has 1 aliphatic heterocycles. The lowest BCUT2D eigenvalue weighted by Gasteiger charge is -2.09. The van der Waals surface area contributed by atoms with E-state index in [1.807, 2.05) is 58.2 Å². The molecule has 2 aromatic carbocycles. The average Bonchev–Trinajstić information content (AvgIpc) is 3.35. The van der Waals surface area contributed by atoms with Gasteiger partial charge in [0, 0.05) is 6.07 Å². The van der Waals surface area contributed by atoms with Gasteiger partial charge in [0.2, 0.25) is 0 Å². The topological polar surface area (TPSA) is 79.9 Å². The van der Waals surface area contributed by atoms with Gasteiger partial charge in [0.05, 0.1) is 25.5 Å². The molecule has 8 nitrogen and oxygen atoms in total. The number of hydrogen-bond acceptors (Lipinski definition) is 6. The van der Waals surface area contributed by atoms with Crippen molar-refractivity contribution in [2.24, 2.45) is 0 Å². The molecule has 28 heavy (non-hydrogen) atoms. The van der Waals surface area contributed by atoms with Crippen molar-refractivity contribution in [3.63, 3.8) is 0 Å². The molecular weight excluding hydrogens is 356 g/mol. The second-order valence-electron chi connectivity index (χ2n) is 6.64. The minimum atomic E-state index is 0.345. The van der Waals surface area contributed by atoms with E-state index in [0.29, 0.717) is 37.8 Å². The minimum absolute atomic E-state index is 0.345. The lowest BCUT2D eigenvalue weighted by atomic mass is 10.1. The van der Waals surface area contributed by atoms with Crippen LogP contribution in [0.1, 0.15) is 22.5 Å². The third kappa shape index (κ3) is 3.57. The maximum absolute atomic E-state index is 5.84. The summed E-state index contributed by atoms with van der Waals surface area (Å²) in [6, 6.07) is 15.7. The Bertz CT molecular complexity index is 1020. The number of hydrogen-bond donors (Lipinski definition) is 0. The molecule has 0 saturated carbocycles. The van der Waals surface area contributed by atoms with Crippen LogP contribution in [-0.4, -0.2) is 30.0 Å². The largest absolute Gasteiger partial charge is 0.487 e. The van der Waals surface area contributed by atoms with Crippen molar-refractivity contribution >= 4 is 0 Å². The maximum atomic E-state index is 5.84. The Morgan fingerprint density at radius 1 is 0.679 bits per heavy atom. The Hall–Kier alpha value is -3.68. The first-order valence-electron chi connectivity index (χ1n) is 9.02. The summed E-state index contributed by atoms with van der Waals surface area (Å²) in [6.45, 7) is 1.95. The summed E-state index contributed by atoms with van der Waals surface area (Å²) in [6.07, 6.45) is 3.81. The van der Waals surface area contributed by atoms with Crippen LogP contribution in [0.5, 0.6) is 11.5 Å². The van der Waals surface area contributed by atoms with E-state index in [1.54, 1.807) is 0 Å². The SMILES string of the molecule is c1cc2cc(c1)OCc1cn(nn1)Cc1ccccc1Cn1cc(nn1)CO2. The van der Waals surface area contributed by atoms with Gasteiger partial charge in [0.15, 0.2) is 0 Å². The zero-order valence-electron chi connectivity index (χ0n) is 15.1. The van der Waals surface area contributed by atoms with E-state index in [4.69, 9.17) is 9.47 Å². The number of rotatable bonds is 0. The van der Waals surface area contributed by atoms with Gasteiger partial charge >= 0.3 is 0 Å². The van der Waals surface area contributed by atoms with Crippen LogP contribution in [0.25, 0.3) is 0 Å². The van der Waals surface area contributed by atoms with Gasteiger partial charge in [-0.25, -0.2) is 9.36 Å². The van der Waals surface area contributed by atoms with Crippen LogP contribution in [0.15, 0.2) is 60.9 Å². The molecule has 5 rings (SSSR count). The highest BCUT2D eigenvalue weighted by Crippen LogP contribution is 2.21. The number of nitrogens with zero attached hydrogens (tertiary/aromatic N) is 6. The van der Waals surface area contributed by atoms with Crippen LogP contribution >= 0.6 is 0 Å². The zero-order valence-corrected chi connectivity index (χ0v) is 15.1. The van der Waals surface area contributed by atoms with E-state index in [9.17, 15) is 0 Å². The number of fused-ring (bicyclic) bond motifs is 7. The molecule has 0 spiro atoms. The molecule has 140 valence electrons. The van der Waals surface area contributed by atoms with Gasteiger partial charge in [-0.15, -0.1) is 10.2 Å². The molecule has 0 aliphatic carbocycles. The first-order valence-corrected chi connectivity index (χ1v) is 9.02. The normalized spacial score (nSPS) is 13.7. The molecule has 3 heterocycles. The number of ether oxygens (including phenoxy) is 2. The van der Waals surface area contributed by atoms with E-state index < -0.39 is 0 Å². The predicted octanol–water partition coefficient (Wildman–Crippen LogP) is 2.44. The van der Waals surface area contributed by atoms with Crippen molar-refractivity contribution in [1.29, 1.82) is 0 Å². The van der Waals surface area contributed by atoms with Gasteiger partial charge in [-0.1, -0.05) is 40.8 Å². The van der Waals surface area contributed by atoms with E-state index in [2.05, 4.69) is 32.8 Å². The van der Waals surface area contributed by atoms with Crippen molar-refractivity contribution in [1.82, 2.24) is 30.0 Å². The van der Waals surface area contributed by atoms with Crippen molar-refractivity contribution < 1.29 is 9.47 Å². The molecule has 0 amide bonds. The van der Waals surface area contributed by atoms with Crippen LogP contribution in [0.2, 0.25) is 0 Å². The van der Waals surface area contributed by atoms with Gasteiger partial charge in [-0.2, -0.15) is 0 Å². The Kier molecular flexibility index (Phi) is 4.21. The summed E-state index contributed by atoms with van der Waals surface area (Å²) in [5.41, 5.74) is 3.86. The van der Waals surface area contributed by atoms with E-state index in [-0.39, 0.29) is 0 Å². The summed E-state index contributed by atoms with van der Waals surface area (Å²) in [4.78, 5) is 0. The predicted molar refractivity (Wildman–Crippen MR) is 99.8 cm³/mol. The van der Waals surface area contributed by atoms with E-state index >= 15 is 0 Å². The summed E-state index contributed by atoms with van der Waals surface area (Å²) >= 11 is 0. The zero-order chi connectivity index (χ0) is 18.8. The smallest absolute Gasteiger partial charge is 0.134 e. The Morgan fingerprint density at radius 2 is 1.21 bits per heavy atom. The highest BCUT2D eigenvalue weighted by molar-refractivity contribution is 5.33. The van der Waals surface area contributed by atoms with E-state index in [0.717, 1.165) is 22.5 Å². The molecule has 6 bridgehead atoms. The molecule has 0 atom stereocenters. The van der Waals surface area contributed by atoms with Crippen LogP contribution < -0.4 is 9.47 Å². The average molecular weight is 374 g/mol. The first-order chi connectivity index (χ1) is 13.8. The van der Waals surface area contributed by atoms with Gasteiger partial charge in [0.25, 0.3) is 0 Å². The molecule has 8 heteroatoms. The van der Waals surface area contributed by atoms with Crippen LogP contribution in [0, 0.1) is 0 Å². The molecule has 1 aliphatic rings. The van der Waals surface area contributed by atoms with Crippen LogP contribution in [-0.2, 0) is 26.3 Å². The van der Waals surface area contributed by atoms with Crippen LogP contribution in [0.3, 0.4) is 0 Å². The standard InChI is InChI=1S/C20H18N6O2/c1-2-5-16-10-26-12-18(22-24-26)14-28-20-7-3-6-19(8-20)27-13-17-11-25(23-21-17)9-15(16)4-1/h1-8,11-12H,9-10,13-14H2. The van der Waals surface area contributed by atoms with Gasteiger partial charge in [-0.3, -0.25) is 0 Å². The fourth-order valence-electron chi connectivity index (χ4n) is 3.15. The van der Waals surface area contributed by atoms with Crippen molar-refractivity contribution in [2.45, 2.75) is 26.3 Å². The van der Waals surface area contributed by atoms with E-state index in [1.165, 1.54) is 0 Å². The second-order valence-corrected chi connectivity index (χ2v) is 6.64. The Morgan fingerprint density at radius 3 is 1.75 bits per heavy atom. The van der Waals surface area contributed by atoms with Crippen molar-refractivity contribution in [3.05, 3.63) is 83.4 Å². The second kappa shape index (κ2) is 7.15. The fraction of sp³-hybridized carbons (Fsp3) is 0.200. The first kappa shape index (κ1) is 16.5. The summed E-state index contributed by atoms with van der Waals surface area (Å²) in [5.74, 6) is 1.43. The molecule has 0 radical (unpaired) electrons. The lowest BCUT2D eigenvalue weighted by molar-refractivity contribution is 0.285. The molecular formula is C20H18N6O2. The molecule has 0 fully saturated rings. The van der Waals surface area contributed by atoms with Gasteiger partial charge in [0.1, 0.15) is 36.1 Å². The monoisotopic (exact) mass is 374 g/mol. The van der Waals surface area contributed by atoms with Gasteiger partial charge < -0.3 is 9.47 Å². The summed E-state index contributed by atoms with van der Waals surface area (Å²) in [5, 5.41) is 16.9.